The Bertz CT molecular complexity index is 762. The molecule has 3 amide bonds. The van der Waals surface area contributed by atoms with Crippen molar-refractivity contribution in [2.75, 3.05) is 5.32 Å². The zero-order chi connectivity index (χ0) is 18.4. The molecule has 1 fully saturated rings. The standard InChI is InChI=1S/C19H22N4O3/c1-13(18(24)23-19(25)22-15-7-8-15)21-16-5-2-6-17(10-16)26-12-14-4-3-9-20-11-14/h2-6,9-11,13,15,21H,7-8,12H2,1H3,(H2,22,23,24,25)/t13-/m0/s1. The highest BCUT2D eigenvalue weighted by molar-refractivity contribution is 5.98. The average molecular weight is 354 g/mol. The quantitative estimate of drug-likeness (QED) is 0.710. The molecule has 0 aliphatic heterocycles. The van der Waals surface area contributed by atoms with Crippen molar-refractivity contribution in [3.8, 4) is 5.75 Å². The van der Waals surface area contributed by atoms with Crippen LogP contribution in [0.4, 0.5) is 10.5 Å². The first-order valence-corrected chi connectivity index (χ1v) is 8.60. The van der Waals surface area contributed by atoms with Crippen LogP contribution < -0.4 is 20.7 Å². The first-order chi connectivity index (χ1) is 12.6. The van der Waals surface area contributed by atoms with E-state index in [0.717, 1.165) is 24.1 Å². The maximum atomic E-state index is 12.1. The monoisotopic (exact) mass is 354 g/mol. The van der Waals surface area contributed by atoms with Gasteiger partial charge in [-0.15, -0.1) is 0 Å². The third-order valence-electron chi connectivity index (χ3n) is 3.89. The molecule has 1 saturated carbocycles. The van der Waals surface area contributed by atoms with Gasteiger partial charge in [-0.05, 0) is 38.0 Å². The van der Waals surface area contributed by atoms with Crippen molar-refractivity contribution in [2.24, 2.45) is 0 Å². The van der Waals surface area contributed by atoms with Crippen molar-refractivity contribution in [1.82, 2.24) is 15.6 Å². The second kappa shape index (κ2) is 8.33. The van der Waals surface area contributed by atoms with Gasteiger partial charge in [0.2, 0.25) is 5.91 Å². The van der Waals surface area contributed by atoms with Crippen LogP contribution >= 0.6 is 0 Å². The van der Waals surface area contributed by atoms with Gasteiger partial charge in [0.1, 0.15) is 18.4 Å². The molecule has 0 saturated heterocycles. The first-order valence-electron chi connectivity index (χ1n) is 8.60. The summed E-state index contributed by atoms with van der Waals surface area (Å²) in [7, 11) is 0. The van der Waals surface area contributed by atoms with Gasteiger partial charge in [0.15, 0.2) is 0 Å². The Morgan fingerprint density at radius 2 is 2.12 bits per heavy atom. The van der Waals surface area contributed by atoms with E-state index >= 15 is 0 Å². The van der Waals surface area contributed by atoms with Crippen LogP contribution in [0.15, 0.2) is 48.8 Å². The van der Waals surface area contributed by atoms with Gasteiger partial charge in [-0.2, -0.15) is 0 Å². The lowest BCUT2D eigenvalue weighted by atomic mass is 10.2. The number of urea groups is 1. The number of carbonyl (C=O) groups is 2. The minimum atomic E-state index is -0.562. The second-order valence-corrected chi connectivity index (χ2v) is 6.28. The molecule has 7 heteroatoms. The summed E-state index contributed by atoms with van der Waals surface area (Å²) in [4.78, 5) is 27.8. The van der Waals surface area contributed by atoms with Gasteiger partial charge >= 0.3 is 6.03 Å². The molecule has 1 heterocycles. The van der Waals surface area contributed by atoms with Crippen LogP contribution in [0, 0.1) is 0 Å². The second-order valence-electron chi connectivity index (χ2n) is 6.28. The number of hydrogen-bond donors (Lipinski definition) is 3. The molecule has 26 heavy (non-hydrogen) atoms. The van der Waals surface area contributed by atoms with Crippen molar-refractivity contribution in [2.45, 2.75) is 38.5 Å². The highest BCUT2D eigenvalue weighted by Crippen LogP contribution is 2.20. The Hall–Kier alpha value is -3.09. The van der Waals surface area contributed by atoms with Gasteiger partial charge in [-0.1, -0.05) is 12.1 Å². The van der Waals surface area contributed by atoms with E-state index in [2.05, 4.69) is 20.9 Å². The van der Waals surface area contributed by atoms with Crippen molar-refractivity contribution in [1.29, 1.82) is 0 Å². The van der Waals surface area contributed by atoms with Crippen LogP contribution in [0.3, 0.4) is 0 Å². The molecule has 136 valence electrons. The maximum Gasteiger partial charge on any atom is 0.321 e. The number of amides is 3. The normalized spacial score (nSPS) is 14.2. The number of imide groups is 1. The predicted molar refractivity (Wildman–Crippen MR) is 97.8 cm³/mol. The lowest BCUT2D eigenvalue weighted by molar-refractivity contribution is -0.120. The summed E-state index contributed by atoms with van der Waals surface area (Å²) in [5.74, 6) is 0.294. The van der Waals surface area contributed by atoms with Crippen LogP contribution in [0.2, 0.25) is 0 Å². The smallest absolute Gasteiger partial charge is 0.321 e. The lowest BCUT2D eigenvalue weighted by Gasteiger charge is -2.16. The van der Waals surface area contributed by atoms with Gasteiger partial charge < -0.3 is 15.4 Å². The summed E-state index contributed by atoms with van der Waals surface area (Å²) in [6.45, 7) is 2.11. The molecule has 1 aromatic heterocycles. The highest BCUT2D eigenvalue weighted by atomic mass is 16.5. The molecule has 1 aliphatic carbocycles. The number of aromatic nitrogens is 1. The largest absolute Gasteiger partial charge is 0.489 e. The Morgan fingerprint density at radius 1 is 1.27 bits per heavy atom. The van der Waals surface area contributed by atoms with E-state index in [1.165, 1.54) is 0 Å². The van der Waals surface area contributed by atoms with E-state index in [9.17, 15) is 9.59 Å². The number of pyridine rings is 1. The molecule has 2 aromatic rings. The first kappa shape index (κ1) is 17.7. The molecule has 0 unspecified atom stereocenters. The summed E-state index contributed by atoms with van der Waals surface area (Å²) in [6.07, 6.45) is 5.41. The van der Waals surface area contributed by atoms with E-state index in [1.54, 1.807) is 19.3 Å². The third kappa shape index (κ3) is 5.47. The molecular formula is C19H22N4O3. The van der Waals surface area contributed by atoms with Crippen molar-refractivity contribution in [3.05, 3.63) is 54.4 Å². The molecule has 1 aromatic carbocycles. The number of ether oxygens (including phenoxy) is 1. The number of nitrogens with zero attached hydrogens (tertiary/aromatic N) is 1. The van der Waals surface area contributed by atoms with Gasteiger partial charge in [-0.25, -0.2) is 4.79 Å². The Morgan fingerprint density at radius 3 is 2.85 bits per heavy atom. The van der Waals surface area contributed by atoms with E-state index in [0.29, 0.717) is 12.4 Å². The summed E-state index contributed by atoms with van der Waals surface area (Å²) in [6, 6.07) is 10.3. The van der Waals surface area contributed by atoms with E-state index < -0.39 is 12.1 Å². The average Bonchev–Trinajstić information content (AvgIpc) is 3.45. The molecule has 7 nitrogen and oxygen atoms in total. The lowest BCUT2D eigenvalue weighted by Crippen LogP contribution is -2.46. The summed E-state index contributed by atoms with van der Waals surface area (Å²) < 4.78 is 5.75. The zero-order valence-electron chi connectivity index (χ0n) is 14.6. The fraction of sp³-hybridized carbons (Fsp3) is 0.316. The fourth-order valence-corrected chi connectivity index (χ4v) is 2.31. The molecule has 3 rings (SSSR count). The van der Waals surface area contributed by atoms with Gasteiger partial charge in [0.05, 0.1) is 0 Å². The Balaban J connectivity index is 1.50. The maximum absolute atomic E-state index is 12.1. The molecule has 1 atom stereocenters. The zero-order valence-corrected chi connectivity index (χ0v) is 14.6. The van der Waals surface area contributed by atoms with Gasteiger partial charge in [0.25, 0.3) is 0 Å². The van der Waals surface area contributed by atoms with Crippen LogP contribution in [-0.4, -0.2) is 29.0 Å². The molecule has 3 N–H and O–H groups in total. The SMILES string of the molecule is C[C@H](Nc1cccc(OCc2cccnc2)c1)C(=O)NC(=O)NC1CC1. The van der Waals surface area contributed by atoms with Crippen LogP contribution in [-0.2, 0) is 11.4 Å². The number of nitrogens with one attached hydrogen (secondary N) is 3. The molecule has 1 aliphatic rings. The Kier molecular flexibility index (Phi) is 5.68. The van der Waals surface area contributed by atoms with Gasteiger partial charge in [-0.3, -0.25) is 15.1 Å². The number of carbonyl (C=O) groups excluding carboxylic acids is 2. The molecule has 0 bridgehead atoms. The summed E-state index contributed by atoms with van der Waals surface area (Å²) >= 11 is 0. The molecular weight excluding hydrogens is 332 g/mol. The fourth-order valence-electron chi connectivity index (χ4n) is 2.31. The predicted octanol–water partition coefficient (Wildman–Crippen LogP) is 2.45. The van der Waals surface area contributed by atoms with Crippen molar-refractivity contribution in [3.63, 3.8) is 0 Å². The van der Waals surface area contributed by atoms with E-state index in [1.807, 2.05) is 36.4 Å². The Labute approximate surface area is 152 Å². The van der Waals surface area contributed by atoms with Crippen LogP contribution in [0.5, 0.6) is 5.75 Å². The minimum Gasteiger partial charge on any atom is -0.489 e. The number of anilines is 1. The van der Waals surface area contributed by atoms with Crippen LogP contribution in [0.25, 0.3) is 0 Å². The number of hydrogen-bond acceptors (Lipinski definition) is 5. The van der Waals surface area contributed by atoms with E-state index in [4.69, 9.17) is 4.74 Å². The third-order valence-corrected chi connectivity index (χ3v) is 3.89. The van der Waals surface area contributed by atoms with Crippen LogP contribution in [0.1, 0.15) is 25.3 Å². The van der Waals surface area contributed by atoms with Crippen molar-refractivity contribution < 1.29 is 14.3 Å². The molecule has 0 spiro atoms. The number of benzene rings is 1. The highest BCUT2D eigenvalue weighted by Gasteiger charge is 2.24. The molecule has 0 radical (unpaired) electrons. The summed E-state index contributed by atoms with van der Waals surface area (Å²) in [5, 5.41) is 8.13. The van der Waals surface area contributed by atoms with Gasteiger partial charge in [0, 0.05) is 35.8 Å². The summed E-state index contributed by atoms with van der Waals surface area (Å²) in [5.41, 5.74) is 1.71. The topological polar surface area (TPSA) is 92.3 Å². The van der Waals surface area contributed by atoms with Crippen molar-refractivity contribution >= 4 is 17.6 Å². The van der Waals surface area contributed by atoms with E-state index in [-0.39, 0.29) is 11.9 Å². The minimum absolute atomic E-state index is 0.208. The number of rotatable bonds is 7.